The molecule has 0 atom stereocenters. The van der Waals surface area contributed by atoms with Crippen LogP contribution in [0.2, 0.25) is 0 Å². The number of nitrogens with zero attached hydrogens (tertiary/aromatic N) is 2. The summed E-state index contributed by atoms with van der Waals surface area (Å²) in [5.41, 5.74) is 8.83. The minimum Gasteiger partial charge on any atom is -0.252 e. The number of hydrogen-bond donors (Lipinski definition) is 0. The van der Waals surface area contributed by atoms with Gasteiger partial charge in [-0.1, -0.05) is 97.1 Å². The van der Waals surface area contributed by atoms with Gasteiger partial charge in [-0.15, -0.1) is 0 Å². The Hall–Kier alpha value is -5.86. The summed E-state index contributed by atoms with van der Waals surface area (Å²) in [4.78, 5) is 10.5. The Kier molecular flexibility index (Phi) is 5.16. The third-order valence-corrected chi connectivity index (χ3v) is 10.0. The number of benzene rings is 8. The molecule has 0 aliphatic heterocycles. The van der Waals surface area contributed by atoms with Crippen LogP contribution in [0, 0.1) is 13.8 Å². The molecule has 214 valence electrons. The van der Waals surface area contributed by atoms with Crippen molar-refractivity contribution in [1.29, 1.82) is 0 Å². The number of aromatic nitrogens is 2. The van der Waals surface area contributed by atoms with Crippen LogP contribution in [0.5, 0.6) is 0 Å². The van der Waals surface area contributed by atoms with Crippen LogP contribution < -0.4 is 0 Å². The topological polar surface area (TPSA) is 25.8 Å². The molecule has 8 aromatic carbocycles. The lowest BCUT2D eigenvalue weighted by Crippen LogP contribution is -1.97. The van der Waals surface area contributed by atoms with Crippen molar-refractivity contribution in [3.05, 3.63) is 145 Å². The first kappa shape index (κ1) is 25.5. The van der Waals surface area contributed by atoms with Crippen molar-refractivity contribution in [2.24, 2.45) is 0 Å². The summed E-state index contributed by atoms with van der Waals surface area (Å²) in [5.74, 6) is 0. The van der Waals surface area contributed by atoms with Crippen LogP contribution in [0.1, 0.15) is 11.4 Å². The van der Waals surface area contributed by atoms with Gasteiger partial charge in [0, 0.05) is 32.9 Å². The lowest BCUT2D eigenvalue weighted by Gasteiger charge is -2.17. The summed E-state index contributed by atoms with van der Waals surface area (Å²) in [6.45, 7) is 4.27. The van der Waals surface area contributed by atoms with Crippen LogP contribution in [0.3, 0.4) is 0 Å². The normalized spacial score (nSPS) is 12.1. The SMILES string of the molecule is Cc1nc2cc(-c3ccc4ccc5ccccc5c4c3)cc3c(C)nc4cc(-c5ccc6ccc7ccccc7c6c5)cc1c4c23. The van der Waals surface area contributed by atoms with Gasteiger partial charge in [0.25, 0.3) is 0 Å². The molecule has 46 heavy (non-hydrogen) atoms. The first-order valence-corrected chi connectivity index (χ1v) is 15.9. The minimum atomic E-state index is 1.02. The van der Waals surface area contributed by atoms with Crippen molar-refractivity contribution in [3.63, 3.8) is 0 Å². The lowest BCUT2D eigenvalue weighted by molar-refractivity contribution is 1.26. The van der Waals surface area contributed by atoms with Gasteiger partial charge >= 0.3 is 0 Å². The van der Waals surface area contributed by atoms with Crippen molar-refractivity contribution >= 4 is 75.7 Å². The maximum absolute atomic E-state index is 5.24. The summed E-state index contributed by atoms with van der Waals surface area (Å²) >= 11 is 0. The lowest BCUT2D eigenvalue weighted by atomic mass is 9.91. The van der Waals surface area contributed by atoms with E-state index >= 15 is 0 Å². The van der Waals surface area contributed by atoms with Gasteiger partial charge in [-0.25, -0.2) is 0 Å². The molecule has 0 saturated heterocycles. The van der Waals surface area contributed by atoms with Gasteiger partial charge in [0.1, 0.15) is 0 Å². The molecule has 0 spiro atoms. The molecule has 0 saturated carbocycles. The van der Waals surface area contributed by atoms with Gasteiger partial charge in [-0.2, -0.15) is 0 Å². The van der Waals surface area contributed by atoms with E-state index in [0.717, 1.165) is 22.4 Å². The molecule has 0 radical (unpaired) electrons. The summed E-state index contributed by atoms with van der Waals surface area (Å²) < 4.78 is 0. The fraction of sp³-hybridized carbons (Fsp3) is 0.0455. The fourth-order valence-electron chi connectivity index (χ4n) is 7.70. The third-order valence-electron chi connectivity index (χ3n) is 10.0. The molecule has 2 heterocycles. The summed E-state index contributed by atoms with van der Waals surface area (Å²) in [5, 5.41) is 14.9. The van der Waals surface area contributed by atoms with Crippen LogP contribution in [0.25, 0.3) is 97.9 Å². The Bertz CT molecular complexity index is 2680. The van der Waals surface area contributed by atoms with Crippen molar-refractivity contribution < 1.29 is 0 Å². The second-order valence-corrected chi connectivity index (χ2v) is 12.7. The van der Waals surface area contributed by atoms with Gasteiger partial charge < -0.3 is 0 Å². The third kappa shape index (κ3) is 3.64. The maximum Gasteiger partial charge on any atom is 0.0725 e. The number of hydrogen-bond acceptors (Lipinski definition) is 2. The molecule has 2 aromatic heterocycles. The average Bonchev–Trinajstić information content (AvgIpc) is 3.10. The molecule has 0 aliphatic carbocycles. The monoisotopic (exact) mass is 584 g/mol. The second-order valence-electron chi connectivity index (χ2n) is 12.7. The summed E-state index contributed by atoms with van der Waals surface area (Å²) in [6, 6.07) is 48.9. The predicted molar refractivity (Wildman–Crippen MR) is 196 cm³/mol. The molecule has 0 unspecified atom stereocenters. The van der Waals surface area contributed by atoms with Gasteiger partial charge in [0.2, 0.25) is 0 Å². The molecule has 10 aromatic rings. The van der Waals surface area contributed by atoms with E-state index < -0.39 is 0 Å². The number of fused-ring (bicyclic) bond motifs is 6. The van der Waals surface area contributed by atoms with Crippen molar-refractivity contribution in [2.45, 2.75) is 13.8 Å². The van der Waals surface area contributed by atoms with Crippen molar-refractivity contribution in [3.8, 4) is 22.3 Å². The molecule has 2 heteroatoms. The standard InChI is InChI=1S/C44H28N2/c1-25-37-21-33(31-17-15-29-13-11-27-7-3-5-9-35(27)39(29)19-31)24-42-43(37)44-38(26(2)46-42)22-34(23-41(44)45-25)32-18-16-30-14-12-28-8-4-6-10-36(28)40(30)20-32/h3-24H,1-2H3. The highest BCUT2D eigenvalue weighted by atomic mass is 14.7. The van der Waals surface area contributed by atoms with E-state index in [1.54, 1.807) is 0 Å². The van der Waals surface area contributed by atoms with Gasteiger partial charge in [-0.05, 0) is 116 Å². The molecule has 2 nitrogen and oxygen atoms in total. The minimum absolute atomic E-state index is 1.02. The van der Waals surface area contributed by atoms with Gasteiger partial charge in [0.05, 0.1) is 11.0 Å². The fourth-order valence-corrected chi connectivity index (χ4v) is 7.70. The molecular weight excluding hydrogens is 556 g/mol. The van der Waals surface area contributed by atoms with Crippen molar-refractivity contribution in [2.75, 3.05) is 0 Å². The zero-order valence-electron chi connectivity index (χ0n) is 25.6. The number of aryl methyl sites for hydroxylation is 2. The zero-order chi connectivity index (χ0) is 30.5. The molecular formula is C44H28N2. The van der Waals surface area contributed by atoms with Gasteiger partial charge in [-0.3, -0.25) is 9.97 Å². The smallest absolute Gasteiger partial charge is 0.0725 e. The van der Waals surface area contributed by atoms with Crippen LogP contribution in [0.4, 0.5) is 0 Å². The second kappa shape index (κ2) is 9.32. The molecule has 0 bridgehead atoms. The van der Waals surface area contributed by atoms with Gasteiger partial charge in [0.15, 0.2) is 0 Å². The van der Waals surface area contributed by atoms with E-state index in [2.05, 4.69) is 147 Å². The maximum atomic E-state index is 5.24. The molecule has 0 aliphatic rings. The van der Waals surface area contributed by atoms with Crippen LogP contribution in [-0.4, -0.2) is 9.97 Å². The quantitative estimate of drug-likeness (QED) is 0.189. The Labute approximate surface area is 265 Å². The van der Waals surface area contributed by atoms with E-state index in [-0.39, 0.29) is 0 Å². The summed E-state index contributed by atoms with van der Waals surface area (Å²) in [7, 11) is 0. The van der Waals surface area contributed by atoms with E-state index in [4.69, 9.17) is 9.97 Å². The van der Waals surface area contributed by atoms with Crippen LogP contribution in [0.15, 0.2) is 133 Å². The van der Waals surface area contributed by atoms with Crippen molar-refractivity contribution in [1.82, 2.24) is 9.97 Å². The molecule has 0 N–H and O–H groups in total. The first-order chi connectivity index (χ1) is 22.6. The number of rotatable bonds is 2. The summed E-state index contributed by atoms with van der Waals surface area (Å²) in [6.07, 6.45) is 0. The van der Waals surface area contributed by atoms with E-state index in [9.17, 15) is 0 Å². The largest absolute Gasteiger partial charge is 0.252 e. The first-order valence-electron chi connectivity index (χ1n) is 15.9. The van der Waals surface area contributed by atoms with Crippen LogP contribution >= 0.6 is 0 Å². The Balaban J connectivity index is 1.18. The molecule has 0 amide bonds. The molecule has 10 rings (SSSR count). The highest BCUT2D eigenvalue weighted by Crippen LogP contribution is 2.41. The highest BCUT2D eigenvalue weighted by Gasteiger charge is 2.18. The van der Waals surface area contributed by atoms with Crippen LogP contribution in [-0.2, 0) is 0 Å². The Morgan fingerprint density at radius 1 is 0.326 bits per heavy atom. The number of pyridine rings is 2. The van der Waals surface area contributed by atoms with E-state index in [0.29, 0.717) is 0 Å². The molecule has 0 fully saturated rings. The zero-order valence-corrected chi connectivity index (χ0v) is 25.6. The average molecular weight is 585 g/mol. The predicted octanol–water partition coefficient (Wildman–Crippen LogP) is 11.9. The Morgan fingerprint density at radius 2 is 0.696 bits per heavy atom. The Morgan fingerprint density at radius 3 is 1.15 bits per heavy atom. The van der Waals surface area contributed by atoms with E-state index in [1.807, 2.05) is 0 Å². The highest BCUT2D eigenvalue weighted by molar-refractivity contribution is 6.24. The van der Waals surface area contributed by atoms with E-state index in [1.165, 1.54) is 86.9 Å².